The van der Waals surface area contributed by atoms with Gasteiger partial charge in [-0.1, -0.05) is 20.3 Å². The molecule has 0 aromatic rings. The van der Waals surface area contributed by atoms with Crippen molar-refractivity contribution in [2.45, 2.75) is 52.1 Å². The van der Waals surface area contributed by atoms with E-state index in [4.69, 9.17) is 4.74 Å². The topological polar surface area (TPSA) is 24.5 Å². The Morgan fingerprint density at radius 1 is 1.24 bits per heavy atom. The predicted molar refractivity (Wildman–Crippen MR) is 73.5 cm³/mol. The van der Waals surface area contributed by atoms with Gasteiger partial charge in [0.05, 0.1) is 6.10 Å². The van der Waals surface area contributed by atoms with E-state index in [9.17, 15) is 0 Å². The largest absolute Gasteiger partial charge is 0.377 e. The molecule has 1 heterocycles. The summed E-state index contributed by atoms with van der Waals surface area (Å²) in [6.07, 6.45) is 6.74. The Labute approximate surface area is 107 Å². The second-order valence-electron chi connectivity index (χ2n) is 5.04. The van der Waals surface area contributed by atoms with Gasteiger partial charge in [0.1, 0.15) is 0 Å². The third-order valence-electron chi connectivity index (χ3n) is 3.33. The molecular formula is C14H30N2O. The predicted octanol–water partition coefficient (Wildman–Crippen LogP) is 2.27. The quantitative estimate of drug-likeness (QED) is 0.628. The zero-order chi connectivity index (χ0) is 12.3. The lowest BCUT2D eigenvalue weighted by Gasteiger charge is -2.32. The lowest BCUT2D eigenvalue weighted by molar-refractivity contribution is 0.000381. The van der Waals surface area contributed by atoms with Gasteiger partial charge in [0.25, 0.3) is 0 Å². The van der Waals surface area contributed by atoms with E-state index in [1.165, 1.54) is 45.3 Å². The molecule has 1 unspecified atom stereocenters. The summed E-state index contributed by atoms with van der Waals surface area (Å²) >= 11 is 0. The number of nitrogens with zero attached hydrogens (tertiary/aromatic N) is 1. The molecule has 1 aliphatic rings. The van der Waals surface area contributed by atoms with E-state index in [1.54, 1.807) is 0 Å². The van der Waals surface area contributed by atoms with E-state index in [0.29, 0.717) is 6.10 Å². The first-order valence-electron chi connectivity index (χ1n) is 7.41. The van der Waals surface area contributed by atoms with E-state index >= 15 is 0 Å². The summed E-state index contributed by atoms with van der Waals surface area (Å²) in [5.74, 6) is 0. The average molecular weight is 242 g/mol. The molecule has 0 bridgehead atoms. The minimum atomic E-state index is 0.486. The molecule has 17 heavy (non-hydrogen) atoms. The van der Waals surface area contributed by atoms with E-state index in [0.717, 1.165) is 26.1 Å². The van der Waals surface area contributed by atoms with Crippen LogP contribution in [0.25, 0.3) is 0 Å². The minimum Gasteiger partial charge on any atom is -0.377 e. The summed E-state index contributed by atoms with van der Waals surface area (Å²) < 4.78 is 5.85. The summed E-state index contributed by atoms with van der Waals surface area (Å²) in [7, 11) is 0. The highest BCUT2D eigenvalue weighted by Crippen LogP contribution is 2.12. The van der Waals surface area contributed by atoms with Crippen molar-refractivity contribution in [2.24, 2.45) is 0 Å². The molecule has 0 aromatic carbocycles. The summed E-state index contributed by atoms with van der Waals surface area (Å²) in [5.41, 5.74) is 0. The molecule has 0 radical (unpaired) electrons. The molecular weight excluding hydrogens is 212 g/mol. The minimum absolute atomic E-state index is 0.486. The van der Waals surface area contributed by atoms with Crippen molar-refractivity contribution >= 4 is 0 Å². The zero-order valence-electron chi connectivity index (χ0n) is 11.7. The number of ether oxygens (including phenoxy) is 1. The maximum atomic E-state index is 5.85. The standard InChI is InChI=1S/C14H30N2O/c1-3-5-8-15-9-11-16-10-6-7-14(13-16)17-12-4-2/h14-15H,3-13H2,1-2H3. The smallest absolute Gasteiger partial charge is 0.0702 e. The fourth-order valence-electron chi connectivity index (χ4n) is 2.30. The first-order chi connectivity index (χ1) is 8.36. The van der Waals surface area contributed by atoms with Gasteiger partial charge in [0.2, 0.25) is 0 Å². The third kappa shape index (κ3) is 7.02. The normalized spacial score (nSPS) is 21.9. The molecule has 1 saturated heterocycles. The maximum Gasteiger partial charge on any atom is 0.0702 e. The highest BCUT2D eigenvalue weighted by Gasteiger charge is 2.19. The molecule has 1 aliphatic heterocycles. The number of piperidine rings is 1. The lowest BCUT2D eigenvalue weighted by Crippen LogP contribution is -2.42. The van der Waals surface area contributed by atoms with Crippen molar-refractivity contribution in [2.75, 3.05) is 39.3 Å². The van der Waals surface area contributed by atoms with Crippen molar-refractivity contribution in [3.63, 3.8) is 0 Å². The van der Waals surface area contributed by atoms with Crippen LogP contribution in [0.3, 0.4) is 0 Å². The van der Waals surface area contributed by atoms with Gasteiger partial charge in [-0.05, 0) is 38.8 Å². The Hall–Kier alpha value is -0.120. The second kappa shape index (κ2) is 9.86. The van der Waals surface area contributed by atoms with Gasteiger partial charge in [-0.25, -0.2) is 0 Å². The molecule has 0 aromatic heterocycles. The van der Waals surface area contributed by atoms with E-state index in [-0.39, 0.29) is 0 Å². The van der Waals surface area contributed by atoms with Crippen LogP contribution in [0.15, 0.2) is 0 Å². The fraction of sp³-hybridized carbons (Fsp3) is 1.00. The van der Waals surface area contributed by atoms with Crippen molar-refractivity contribution in [3.8, 4) is 0 Å². The summed E-state index contributed by atoms with van der Waals surface area (Å²) in [4.78, 5) is 2.54. The number of hydrogen-bond acceptors (Lipinski definition) is 3. The number of hydrogen-bond donors (Lipinski definition) is 1. The molecule has 0 aliphatic carbocycles. The molecule has 1 fully saturated rings. The van der Waals surface area contributed by atoms with Crippen LogP contribution in [0, 0.1) is 0 Å². The van der Waals surface area contributed by atoms with Gasteiger partial charge in [0.15, 0.2) is 0 Å². The van der Waals surface area contributed by atoms with Gasteiger partial charge >= 0.3 is 0 Å². The van der Waals surface area contributed by atoms with Crippen LogP contribution in [0.5, 0.6) is 0 Å². The molecule has 0 spiro atoms. The molecule has 1 atom stereocenters. The Bertz CT molecular complexity index is 176. The Morgan fingerprint density at radius 3 is 2.88 bits per heavy atom. The molecule has 0 saturated carbocycles. The van der Waals surface area contributed by atoms with Crippen molar-refractivity contribution < 1.29 is 4.74 Å². The first kappa shape index (κ1) is 14.9. The lowest BCUT2D eigenvalue weighted by atomic mass is 10.1. The van der Waals surface area contributed by atoms with Crippen LogP contribution >= 0.6 is 0 Å². The van der Waals surface area contributed by atoms with Gasteiger partial charge in [0, 0.05) is 26.2 Å². The summed E-state index contributed by atoms with van der Waals surface area (Å²) in [6.45, 7) is 11.2. The molecule has 102 valence electrons. The van der Waals surface area contributed by atoms with Crippen LogP contribution in [-0.4, -0.2) is 50.3 Å². The van der Waals surface area contributed by atoms with Gasteiger partial charge in [-0.3, -0.25) is 4.90 Å². The van der Waals surface area contributed by atoms with Gasteiger partial charge in [-0.15, -0.1) is 0 Å². The third-order valence-corrected chi connectivity index (χ3v) is 3.33. The van der Waals surface area contributed by atoms with Crippen molar-refractivity contribution in [1.82, 2.24) is 10.2 Å². The Kier molecular flexibility index (Phi) is 8.67. The average Bonchev–Trinajstić information content (AvgIpc) is 2.37. The van der Waals surface area contributed by atoms with Crippen LogP contribution in [0.4, 0.5) is 0 Å². The number of nitrogens with one attached hydrogen (secondary N) is 1. The number of rotatable bonds is 9. The Morgan fingerprint density at radius 2 is 2.12 bits per heavy atom. The van der Waals surface area contributed by atoms with Crippen LogP contribution in [0.2, 0.25) is 0 Å². The second-order valence-corrected chi connectivity index (χ2v) is 5.04. The number of likely N-dealkylation sites (tertiary alicyclic amines) is 1. The van der Waals surface area contributed by atoms with E-state index in [2.05, 4.69) is 24.1 Å². The highest BCUT2D eigenvalue weighted by atomic mass is 16.5. The summed E-state index contributed by atoms with van der Waals surface area (Å²) in [5, 5.41) is 3.51. The van der Waals surface area contributed by atoms with Crippen LogP contribution in [0.1, 0.15) is 46.0 Å². The SMILES string of the molecule is CCCCNCCN1CCCC(OCCC)C1. The Balaban J connectivity index is 2.03. The molecule has 0 amide bonds. The molecule has 3 nitrogen and oxygen atoms in total. The van der Waals surface area contributed by atoms with E-state index < -0.39 is 0 Å². The van der Waals surface area contributed by atoms with Crippen LogP contribution in [-0.2, 0) is 4.74 Å². The number of unbranched alkanes of at least 4 members (excludes halogenated alkanes) is 1. The first-order valence-corrected chi connectivity index (χ1v) is 7.41. The maximum absolute atomic E-state index is 5.85. The van der Waals surface area contributed by atoms with Crippen molar-refractivity contribution in [1.29, 1.82) is 0 Å². The fourth-order valence-corrected chi connectivity index (χ4v) is 2.30. The molecule has 1 N–H and O–H groups in total. The highest BCUT2D eigenvalue weighted by molar-refractivity contribution is 4.73. The van der Waals surface area contributed by atoms with Gasteiger partial charge in [-0.2, -0.15) is 0 Å². The van der Waals surface area contributed by atoms with Crippen molar-refractivity contribution in [3.05, 3.63) is 0 Å². The monoisotopic (exact) mass is 242 g/mol. The van der Waals surface area contributed by atoms with E-state index in [1.807, 2.05) is 0 Å². The molecule has 1 rings (SSSR count). The summed E-state index contributed by atoms with van der Waals surface area (Å²) in [6, 6.07) is 0. The van der Waals surface area contributed by atoms with Crippen LogP contribution < -0.4 is 5.32 Å². The zero-order valence-corrected chi connectivity index (χ0v) is 11.7. The van der Waals surface area contributed by atoms with Gasteiger partial charge < -0.3 is 10.1 Å². The molecule has 3 heteroatoms.